The maximum atomic E-state index is 12.6. The predicted octanol–water partition coefficient (Wildman–Crippen LogP) is 8.61. The van der Waals surface area contributed by atoms with Gasteiger partial charge in [-0.1, -0.05) is 97.0 Å². The number of amides is 2. The molecule has 4 rings (SSSR count). The van der Waals surface area contributed by atoms with Crippen molar-refractivity contribution >= 4 is 12.0 Å². The summed E-state index contributed by atoms with van der Waals surface area (Å²) in [6.45, 7) is 20.0. The average Bonchev–Trinajstić information content (AvgIpc) is 3.63. The summed E-state index contributed by atoms with van der Waals surface area (Å²) in [4.78, 5) is 41.3. The number of nitrogens with one attached hydrogen (secondary N) is 4. The zero-order chi connectivity index (χ0) is 33.8. The van der Waals surface area contributed by atoms with E-state index in [2.05, 4.69) is 104 Å². The van der Waals surface area contributed by atoms with Gasteiger partial charge < -0.3 is 25.3 Å². The van der Waals surface area contributed by atoms with E-state index < -0.39 is 11.7 Å². The lowest BCUT2D eigenvalue weighted by Crippen LogP contribution is -2.37. The first-order chi connectivity index (χ1) is 21.5. The van der Waals surface area contributed by atoms with Crippen LogP contribution in [0.25, 0.3) is 33.6 Å². The summed E-state index contributed by atoms with van der Waals surface area (Å²) in [6, 6.07) is 16.1. The van der Waals surface area contributed by atoms with E-state index in [4.69, 9.17) is 14.7 Å². The second-order valence-electron chi connectivity index (χ2n) is 14.9. The van der Waals surface area contributed by atoms with Crippen LogP contribution in [0.2, 0.25) is 0 Å². The van der Waals surface area contributed by atoms with Crippen molar-refractivity contribution in [3.8, 4) is 33.6 Å². The first kappa shape index (κ1) is 34.5. The molecular weight excluding hydrogens is 576 g/mol. The number of hydrogen-bond donors (Lipinski definition) is 4. The van der Waals surface area contributed by atoms with Gasteiger partial charge in [0.05, 0.1) is 23.5 Å². The molecule has 46 heavy (non-hydrogen) atoms. The van der Waals surface area contributed by atoms with Crippen molar-refractivity contribution in [3.05, 3.63) is 72.6 Å². The molecular formula is C37H50N6O3. The normalized spacial score (nSPS) is 13.5. The number of H-pyrrole nitrogens is 2. The van der Waals surface area contributed by atoms with Crippen molar-refractivity contribution in [1.29, 1.82) is 0 Å². The molecule has 0 aliphatic heterocycles. The zero-order valence-electron chi connectivity index (χ0n) is 28.9. The summed E-state index contributed by atoms with van der Waals surface area (Å²) in [7, 11) is 0. The van der Waals surface area contributed by atoms with Crippen molar-refractivity contribution in [2.45, 2.75) is 93.3 Å². The molecule has 9 heteroatoms. The van der Waals surface area contributed by atoms with Crippen LogP contribution in [0.5, 0.6) is 0 Å². The van der Waals surface area contributed by atoms with Crippen LogP contribution in [0.3, 0.4) is 0 Å². The number of benzene rings is 2. The molecule has 4 N–H and O–H groups in total. The minimum absolute atomic E-state index is 0.0298. The number of aromatic nitrogens is 4. The fourth-order valence-corrected chi connectivity index (χ4v) is 5.20. The Morgan fingerprint density at radius 1 is 0.674 bits per heavy atom. The minimum atomic E-state index is -0.576. The standard InChI is InChI=1S/C37H50N6O3/c1-22(2)31(42-30(44)19-36(5,6)7)33-38-20-28(40-33)26-15-11-24(12-16-26)25-13-17-27(18-14-25)29-21-39-34(41-29)32(23(3)4)43-35(45)46-37(8,9)10/h11-18,20-23,31-32H,19H2,1-10H3,(H,38,40)(H,39,41)(H,42,44)(H,43,45)/t31-,32-/m0/s1. The van der Waals surface area contributed by atoms with Crippen LogP contribution in [0.4, 0.5) is 4.79 Å². The molecule has 0 aliphatic rings. The molecule has 2 amide bonds. The quantitative estimate of drug-likeness (QED) is 0.140. The average molecular weight is 627 g/mol. The highest BCUT2D eigenvalue weighted by atomic mass is 16.6. The first-order valence-corrected chi connectivity index (χ1v) is 16.1. The van der Waals surface area contributed by atoms with Crippen molar-refractivity contribution < 1.29 is 14.3 Å². The van der Waals surface area contributed by atoms with Gasteiger partial charge in [0.1, 0.15) is 17.2 Å². The Morgan fingerprint density at radius 3 is 1.43 bits per heavy atom. The molecule has 2 atom stereocenters. The molecule has 0 radical (unpaired) electrons. The van der Waals surface area contributed by atoms with Crippen LogP contribution < -0.4 is 10.6 Å². The van der Waals surface area contributed by atoms with Gasteiger partial charge in [-0.2, -0.15) is 0 Å². The Bertz CT molecular complexity index is 1480. The fraction of sp³-hybridized carbons (Fsp3) is 0.459. The number of carbonyl (C=O) groups excluding carboxylic acids is 2. The second kappa shape index (κ2) is 13.9. The van der Waals surface area contributed by atoms with Crippen LogP contribution >= 0.6 is 0 Å². The van der Waals surface area contributed by atoms with Crippen molar-refractivity contribution in [2.24, 2.45) is 17.3 Å². The molecule has 2 aromatic carbocycles. The lowest BCUT2D eigenvalue weighted by atomic mass is 9.91. The molecule has 0 saturated carbocycles. The Labute approximate surface area is 273 Å². The van der Waals surface area contributed by atoms with Crippen LogP contribution in [-0.2, 0) is 9.53 Å². The van der Waals surface area contributed by atoms with Crippen molar-refractivity contribution in [1.82, 2.24) is 30.6 Å². The lowest BCUT2D eigenvalue weighted by molar-refractivity contribution is -0.124. The van der Waals surface area contributed by atoms with Gasteiger partial charge in [-0.3, -0.25) is 4.79 Å². The van der Waals surface area contributed by atoms with Gasteiger partial charge in [0.2, 0.25) is 5.91 Å². The first-order valence-electron chi connectivity index (χ1n) is 16.1. The smallest absolute Gasteiger partial charge is 0.408 e. The highest BCUT2D eigenvalue weighted by molar-refractivity contribution is 5.77. The topological polar surface area (TPSA) is 125 Å². The number of carbonyl (C=O) groups is 2. The minimum Gasteiger partial charge on any atom is -0.444 e. The van der Waals surface area contributed by atoms with E-state index in [-0.39, 0.29) is 35.2 Å². The summed E-state index contributed by atoms with van der Waals surface area (Å²) in [5, 5.41) is 6.12. The molecule has 4 aromatic rings. The van der Waals surface area contributed by atoms with E-state index >= 15 is 0 Å². The Morgan fingerprint density at radius 2 is 1.07 bits per heavy atom. The SMILES string of the molecule is CC(C)[C@H](NC(=O)CC(C)(C)C)c1nc(-c2ccc(-c3ccc(-c4c[nH]c([C@@H](NC(=O)OC(C)(C)C)C(C)C)n4)cc3)cc2)c[nH]1. The van der Waals surface area contributed by atoms with Crippen LogP contribution in [0, 0.1) is 17.3 Å². The number of nitrogens with zero attached hydrogens (tertiary/aromatic N) is 2. The molecule has 0 fully saturated rings. The molecule has 9 nitrogen and oxygen atoms in total. The van der Waals surface area contributed by atoms with Gasteiger partial charge in [0.15, 0.2) is 0 Å². The summed E-state index contributed by atoms with van der Waals surface area (Å²) >= 11 is 0. The third kappa shape index (κ3) is 9.31. The summed E-state index contributed by atoms with van der Waals surface area (Å²) in [5.41, 5.74) is 5.12. The molecule has 0 bridgehead atoms. The Hall–Kier alpha value is -4.40. The van der Waals surface area contributed by atoms with E-state index in [9.17, 15) is 9.59 Å². The van der Waals surface area contributed by atoms with Crippen LogP contribution in [0.1, 0.15) is 99.4 Å². The van der Waals surface area contributed by atoms with Crippen LogP contribution in [0.15, 0.2) is 60.9 Å². The number of ether oxygens (including phenoxy) is 1. The highest BCUT2D eigenvalue weighted by Gasteiger charge is 2.26. The maximum Gasteiger partial charge on any atom is 0.408 e. The van der Waals surface area contributed by atoms with Crippen molar-refractivity contribution in [3.63, 3.8) is 0 Å². The van der Waals surface area contributed by atoms with E-state index in [1.54, 1.807) is 0 Å². The monoisotopic (exact) mass is 626 g/mol. The van der Waals surface area contributed by atoms with Gasteiger partial charge in [-0.25, -0.2) is 14.8 Å². The molecule has 246 valence electrons. The Kier molecular flexibility index (Phi) is 10.4. The van der Waals surface area contributed by atoms with E-state index in [1.807, 2.05) is 47.0 Å². The highest BCUT2D eigenvalue weighted by Crippen LogP contribution is 2.29. The van der Waals surface area contributed by atoms with Gasteiger partial charge in [-0.15, -0.1) is 0 Å². The van der Waals surface area contributed by atoms with E-state index in [1.165, 1.54) is 0 Å². The number of alkyl carbamates (subject to hydrolysis) is 1. The summed E-state index contributed by atoms with van der Waals surface area (Å²) < 4.78 is 5.45. The number of aromatic amines is 2. The van der Waals surface area contributed by atoms with Gasteiger partial charge in [0.25, 0.3) is 0 Å². The lowest BCUT2D eigenvalue weighted by Gasteiger charge is -2.24. The molecule has 2 heterocycles. The number of imidazole rings is 2. The van der Waals surface area contributed by atoms with Gasteiger partial charge in [0, 0.05) is 29.9 Å². The molecule has 0 spiro atoms. The molecule has 2 aromatic heterocycles. The third-order valence-corrected chi connectivity index (χ3v) is 7.49. The molecule has 0 unspecified atom stereocenters. The number of hydrogen-bond acceptors (Lipinski definition) is 5. The van der Waals surface area contributed by atoms with E-state index in [0.29, 0.717) is 12.2 Å². The molecule has 0 saturated heterocycles. The summed E-state index contributed by atoms with van der Waals surface area (Å²) in [6.07, 6.45) is 3.76. The third-order valence-electron chi connectivity index (χ3n) is 7.49. The fourth-order valence-electron chi connectivity index (χ4n) is 5.20. The maximum absolute atomic E-state index is 12.6. The number of rotatable bonds is 10. The second-order valence-corrected chi connectivity index (χ2v) is 14.9. The largest absolute Gasteiger partial charge is 0.444 e. The summed E-state index contributed by atoms with van der Waals surface area (Å²) in [5.74, 6) is 1.77. The van der Waals surface area contributed by atoms with Gasteiger partial charge in [-0.05, 0) is 49.1 Å². The zero-order valence-corrected chi connectivity index (χ0v) is 28.9. The van der Waals surface area contributed by atoms with E-state index in [0.717, 1.165) is 39.5 Å². The Balaban J connectivity index is 1.44. The van der Waals surface area contributed by atoms with Crippen LogP contribution in [-0.4, -0.2) is 37.5 Å². The van der Waals surface area contributed by atoms with Crippen molar-refractivity contribution in [2.75, 3.05) is 0 Å². The van der Waals surface area contributed by atoms with Gasteiger partial charge >= 0.3 is 6.09 Å². The molecule has 0 aliphatic carbocycles. The predicted molar refractivity (Wildman–Crippen MR) is 184 cm³/mol.